The minimum Gasteiger partial charge on any atom is -0.497 e. The van der Waals surface area contributed by atoms with E-state index in [1.54, 1.807) is 30.3 Å². The standard InChI is InChI=1S/C13H15NO4S2/c1-14(10-4-3-5-11(8-10)18-2)20(16,17)13-7-6-12(9-15)19-13/h3-8,15H,9H2,1-2H3. The van der Waals surface area contributed by atoms with Gasteiger partial charge in [0.1, 0.15) is 9.96 Å². The lowest BCUT2D eigenvalue weighted by atomic mass is 10.3. The van der Waals surface area contributed by atoms with Crippen LogP contribution in [0.1, 0.15) is 4.88 Å². The van der Waals surface area contributed by atoms with Gasteiger partial charge in [-0.3, -0.25) is 4.31 Å². The van der Waals surface area contributed by atoms with Gasteiger partial charge in [0.15, 0.2) is 0 Å². The van der Waals surface area contributed by atoms with E-state index in [2.05, 4.69) is 0 Å². The van der Waals surface area contributed by atoms with E-state index in [0.29, 0.717) is 16.3 Å². The van der Waals surface area contributed by atoms with Crippen LogP contribution in [0.5, 0.6) is 5.75 Å². The number of hydrogen-bond donors (Lipinski definition) is 1. The molecule has 1 aromatic heterocycles. The largest absolute Gasteiger partial charge is 0.497 e. The number of sulfonamides is 1. The summed E-state index contributed by atoms with van der Waals surface area (Å²) in [5.41, 5.74) is 0.517. The highest BCUT2D eigenvalue weighted by molar-refractivity contribution is 7.94. The molecular formula is C13H15NO4S2. The molecule has 0 radical (unpaired) electrons. The second-order valence-electron chi connectivity index (χ2n) is 4.05. The highest BCUT2D eigenvalue weighted by Crippen LogP contribution is 2.29. The van der Waals surface area contributed by atoms with E-state index in [9.17, 15) is 8.42 Å². The summed E-state index contributed by atoms with van der Waals surface area (Å²) in [6.07, 6.45) is 0. The summed E-state index contributed by atoms with van der Waals surface area (Å²) in [5.74, 6) is 0.590. The van der Waals surface area contributed by atoms with E-state index in [1.165, 1.54) is 24.5 Å². The van der Waals surface area contributed by atoms with Crippen LogP contribution in [-0.4, -0.2) is 27.7 Å². The van der Waals surface area contributed by atoms with Crippen LogP contribution in [0, 0.1) is 0 Å². The fourth-order valence-electron chi connectivity index (χ4n) is 1.66. The fourth-order valence-corrected chi connectivity index (χ4v) is 4.24. The Hall–Kier alpha value is -1.57. The van der Waals surface area contributed by atoms with E-state index in [4.69, 9.17) is 9.84 Å². The first-order chi connectivity index (χ1) is 9.48. The molecule has 0 aliphatic carbocycles. The first-order valence-electron chi connectivity index (χ1n) is 5.81. The summed E-state index contributed by atoms with van der Waals surface area (Å²) in [6, 6.07) is 9.94. The number of aliphatic hydroxyl groups is 1. The molecule has 0 aliphatic heterocycles. The van der Waals surface area contributed by atoms with Gasteiger partial charge >= 0.3 is 0 Å². The number of aliphatic hydroxyl groups excluding tert-OH is 1. The average Bonchev–Trinajstić information content (AvgIpc) is 2.96. The van der Waals surface area contributed by atoms with Crippen molar-refractivity contribution in [1.82, 2.24) is 0 Å². The van der Waals surface area contributed by atoms with Crippen LogP contribution in [-0.2, 0) is 16.6 Å². The molecule has 0 atom stereocenters. The van der Waals surface area contributed by atoms with Crippen molar-refractivity contribution >= 4 is 27.0 Å². The van der Waals surface area contributed by atoms with Crippen molar-refractivity contribution in [1.29, 1.82) is 0 Å². The van der Waals surface area contributed by atoms with Crippen molar-refractivity contribution in [3.8, 4) is 5.75 Å². The Morgan fingerprint density at radius 3 is 2.65 bits per heavy atom. The maximum absolute atomic E-state index is 12.5. The van der Waals surface area contributed by atoms with E-state index < -0.39 is 10.0 Å². The molecule has 20 heavy (non-hydrogen) atoms. The highest BCUT2D eigenvalue weighted by Gasteiger charge is 2.23. The van der Waals surface area contributed by atoms with E-state index in [-0.39, 0.29) is 10.8 Å². The second-order valence-corrected chi connectivity index (χ2v) is 7.42. The number of ether oxygens (including phenoxy) is 1. The maximum Gasteiger partial charge on any atom is 0.273 e. The number of anilines is 1. The Bertz CT molecular complexity index is 694. The van der Waals surface area contributed by atoms with E-state index in [1.807, 2.05) is 0 Å². The molecule has 2 rings (SSSR count). The Morgan fingerprint density at radius 1 is 1.30 bits per heavy atom. The van der Waals surface area contributed by atoms with Crippen LogP contribution >= 0.6 is 11.3 Å². The van der Waals surface area contributed by atoms with Gasteiger partial charge in [0, 0.05) is 18.0 Å². The average molecular weight is 313 g/mol. The molecule has 0 spiro atoms. The lowest BCUT2D eigenvalue weighted by Crippen LogP contribution is -2.25. The van der Waals surface area contributed by atoms with Crippen LogP contribution < -0.4 is 9.04 Å². The molecule has 0 bridgehead atoms. The van der Waals surface area contributed by atoms with Gasteiger partial charge in [-0.15, -0.1) is 11.3 Å². The van der Waals surface area contributed by atoms with Crippen LogP contribution in [0.15, 0.2) is 40.6 Å². The SMILES string of the molecule is COc1cccc(N(C)S(=O)(=O)c2ccc(CO)s2)c1. The predicted octanol–water partition coefficient (Wildman–Crippen LogP) is 2.07. The lowest BCUT2D eigenvalue weighted by Gasteiger charge is -2.18. The molecule has 0 amide bonds. The Kier molecular flexibility index (Phi) is 4.32. The summed E-state index contributed by atoms with van der Waals surface area (Å²) < 4.78 is 31.4. The fraction of sp³-hybridized carbons (Fsp3) is 0.231. The van der Waals surface area contributed by atoms with Gasteiger partial charge in [-0.25, -0.2) is 8.42 Å². The van der Waals surface area contributed by atoms with Gasteiger partial charge < -0.3 is 9.84 Å². The van der Waals surface area contributed by atoms with E-state index >= 15 is 0 Å². The monoisotopic (exact) mass is 313 g/mol. The quantitative estimate of drug-likeness (QED) is 0.917. The summed E-state index contributed by atoms with van der Waals surface area (Å²) in [7, 11) is -0.604. The Morgan fingerprint density at radius 2 is 2.05 bits per heavy atom. The number of rotatable bonds is 5. The molecule has 0 unspecified atom stereocenters. The number of thiophene rings is 1. The van der Waals surface area contributed by atoms with Crippen LogP contribution in [0.2, 0.25) is 0 Å². The van der Waals surface area contributed by atoms with Crippen molar-refractivity contribution in [2.75, 3.05) is 18.5 Å². The zero-order valence-electron chi connectivity index (χ0n) is 11.1. The molecular weight excluding hydrogens is 298 g/mol. The van der Waals surface area contributed by atoms with Crippen LogP contribution in [0.25, 0.3) is 0 Å². The summed E-state index contributed by atoms with van der Waals surface area (Å²) in [4.78, 5) is 0.614. The number of nitrogens with zero attached hydrogens (tertiary/aromatic N) is 1. The minimum absolute atomic E-state index is 0.164. The topological polar surface area (TPSA) is 66.8 Å². The third kappa shape index (κ3) is 2.79. The molecule has 5 nitrogen and oxygen atoms in total. The first-order valence-corrected chi connectivity index (χ1v) is 8.07. The van der Waals surface area contributed by atoms with E-state index in [0.717, 1.165) is 11.3 Å². The third-order valence-corrected chi connectivity index (χ3v) is 6.15. The lowest BCUT2D eigenvalue weighted by molar-refractivity contribution is 0.285. The van der Waals surface area contributed by atoms with Gasteiger partial charge in [-0.2, -0.15) is 0 Å². The molecule has 1 N–H and O–H groups in total. The van der Waals surface area contributed by atoms with Gasteiger partial charge in [0.2, 0.25) is 0 Å². The smallest absolute Gasteiger partial charge is 0.273 e. The number of benzene rings is 1. The predicted molar refractivity (Wildman–Crippen MR) is 78.8 cm³/mol. The maximum atomic E-state index is 12.5. The second kappa shape index (κ2) is 5.82. The number of hydrogen-bond acceptors (Lipinski definition) is 5. The van der Waals surface area contributed by atoms with Gasteiger partial charge in [-0.1, -0.05) is 6.07 Å². The molecule has 0 aliphatic rings. The normalized spacial score (nSPS) is 11.3. The van der Waals surface area contributed by atoms with Crippen molar-refractivity contribution in [3.05, 3.63) is 41.3 Å². The first kappa shape index (κ1) is 14.8. The molecule has 0 saturated heterocycles. The summed E-state index contributed by atoms with van der Waals surface area (Å²) in [5, 5.41) is 9.03. The van der Waals surface area contributed by atoms with Crippen molar-refractivity contribution < 1.29 is 18.3 Å². The Balaban J connectivity index is 2.37. The molecule has 0 saturated carbocycles. The highest BCUT2D eigenvalue weighted by atomic mass is 32.2. The van der Waals surface area contributed by atoms with Crippen molar-refractivity contribution in [2.45, 2.75) is 10.8 Å². The van der Waals surface area contributed by atoms with Crippen LogP contribution in [0.4, 0.5) is 5.69 Å². The Labute approximate surface area is 122 Å². The third-order valence-electron chi connectivity index (χ3n) is 2.82. The van der Waals surface area contributed by atoms with Crippen molar-refractivity contribution in [2.24, 2.45) is 0 Å². The zero-order valence-corrected chi connectivity index (χ0v) is 12.7. The minimum atomic E-state index is -3.62. The molecule has 0 fully saturated rings. The van der Waals surface area contributed by atoms with Gasteiger partial charge in [-0.05, 0) is 24.3 Å². The summed E-state index contributed by atoms with van der Waals surface area (Å²) in [6.45, 7) is -0.164. The van der Waals surface area contributed by atoms with Crippen molar-refractivity contribution in [3.63, 3.8) is 0 Å². The summed E-state index contributed by atoms with van der Waals surface area (Å²) >= 11 is 1.06. The van der Waals surface area contributed by atoms with Crippen LogP contribution in [0.3, 0.4) is 0 Å². The number of methoxy groups -OCH3 is 1. The molecule has 2 aromatic rings. The molecule has 108 valence electrons. The van der Waals surface area contributed by atoms with Gasteiger partial charge in [0.05, 0.1) is 19.4 Å². The zero-order chi connectivity index (χ0) is 14.8. The molecule has 7 heteroatoms. The van der Waals surface area contributed by atoms with Gasteiger partial charge in [0.25, 0.3) is 10.0 Å². The molecule has 1 heterocycles. The molecule has 1 aromatic carbocycles.